The van der Waals surface area contributed by atoms with Crippen LogP contribution in [0.25, 0.3) is 66.8 Å². The maximum Gasteiger partial charge on any atom is 0.100 e. The molecule has 0 aromatic heterocycles. The van der Waals surface area contributed by atoms with Crippen LogP contribution in [-0.2, 0) is 0 Å². The molecule has 3 nitrogen and oxygen atoms in total. The molecule has 9 aromatic rings. The fourth-order valence-electron chi connectivity index (χ4n) is 7.03. The molecule has 0 heterocycles. The first-order valence-electron chi connectivity index (χ1n) is 25.6. The number of benzene rings is 9. The van der Waals surface area contributed by atoms with Crippen LogP contribution in [0.15, 0.2) is 237 Å². The third-order valence-electron chi connectivity index (χ3n) is 10.0. The molecule has 0 aliphatic heterocycles. The van der Waals surface area contributed by atoms with Crippen LogP contribution < -0.4 is 0 Å². The van der Waals surface area contributed by atoms with Crippen LogP contribution >= 0.6 is 0 Å². The number of rotatable bonds is 6. The van der Waals surface area contributed by atoms with Gasteiger partial charge in [0.1, 0.15) is 6.07 Å². The van der Waals surface area contributed by atoms with Gasteiger partial charge in [-0.05, 0) is 74.3 Å². The molecule has 3 heteroatoms. The van der Waals surface area contributed by atoms with Crippen LogP contribution in [0.3, 0.4) is 0 Å². The Hall–Kier alpha value is -8.55. The van der Waals surface area contributed by atoms with E-state index in [1.165, 1.54) is 5.56 Å². The van der Waals surface area contributed by atoms with Crippen molar-refractivity contribution in [2.75, 3.05) is 0 Å². The second-order valence-corrected chi connectivity index (χ2v) is 13.8. The van der Waals surface area contributed by atoms with Gasteiger partial charge in [0.05, 0.1) is 28.8 Å². The minimum absolute atomic E-state index is 0.705. The first kappa shape index (κ1) is 61.5. The Kier molecular flexibility index (Phi) is 32.7. The summed E-state index contributed by atoms with van der Waals surface area (Å²) in [6.07, 6.45) is 0. The van der Waals surface area contributed by atoms with E-state index in [0.717, 1.165) is 66.8 Å². The topological polar surface area (TPSA) is 71.4 Å². The Morgan fingerprint density at radius 1 is 0.208 bits per heavy atom. The molecule has 72 heavy (non-hydrogen) atoms. The fourth-order valence-corrected chi connectivity index (χ4v) is 7.03. The summed E-state index contributed by atoms with van der Waals surface area (Å²) < 4.78 is 0. The minimum Gasteiger partial charge on any atom is -0.192 e. The van der Waals surface area contributed by atoms with E-state index in [1.54, 1.807) is 0 Å². The van der Waals surface area contributed by atoms with Gasteiger partial charge >= 0.3 is 0 Å². The molecule has 0 N–H and O–H groups in total. The average Bonchev–Trinajstić information content (AvgIpc) is 3.51. The van der Waals surface area contributed by atoms with Crippen molar-refractivity contribution in [1.82, 2.24) is 0 Å². The van der Waals surface area contributed by atoms with Gasteiger partial charge in [0.2, 0.25) is 0 Å². The summed E-state index contributed by atoms with van der Waals surface area (Å²) in [6, 6.07) is 85.4. The van der Waals surface area contributed by atoms with Crippen molar-refractivity contribution >= 4 is 0 Å². The zero-order chi connectivity index (χ0) is 53.4. The zero-order valence-electron chi connectivity index (χ0n) is 44.9. The molecule has 0 fully saturated rings. The van der Waals surface area contributed by atoms with Gasteiger partial charge in [-0.3, -0.25) is 0 Å². The Labute approximate surface area is 435 Å². The predicted molar refractivity (Wildman–Crippen MR) is 314 cm³/mol. The quantitative estimate of drug-likeness (QED) is 0.167. The molecule has 0 atom stereocenters. The van der Waals surface area contributed by atoms with E-state index < -0.39 is 0 Å². The smallest absolute Gasteiger partial charge is 0.100 e. The molecule has 9 rings (SSSR count). The van der Waals surface area contributed by atoms with E-state index in [-0.39, 0.29) is 0 Å². The average molecular weight is 946 g/mol. The Morgan fingerprint density at radius 2 is 0.500 bits per heavy atom. The first-order valence-corrected chi connectivity index (χ1v) is 25.6. The lowest BCUT2D eigenvalue weighted by Gasteiger charge is -2.09. The highest BCUT2D eigenvalue weighted by Gasteiger charge is 2.11. The monoisotopic (exact) mass is 946 g/mol. The highest BCUT2D eigenvalue weighted by Crippen LogP contribution is 2.33. The van der Waals surface area contributed by atoms with E-state index >= 15 is 0 Å². The van der Waals surface area contributed by atoms with Crippen molar-refractivity contribution in [3.05, 3.63) is 253 Å². The second-order valence-electron chi connectivity index (χ2n) is 13.8. The van der Waals surface area contributed by atoms with Crippen molar-refractivity contribution in [3.8, 4) is 85.0 Å². The van der Waals surface area contributed by atoms with Gasteiger partial charge in [0.25, 0.3) is 0 Å². The van der Waals surface area contributed by atoms with Crippen LogP contribution in [0.1, 0.15) is 99.8 Å². The normalized spacial score (nSPS) is 8.79. The molecular weight excluding hydrogens is 871 g/mol. The van der Waals surface area contributed by atoms with Gasteiger partial charge in [0, 0.05) is 16.7 Å². The zero-order valence-corrected chi connectivity index (χ0v) is 44.9. The largest absolute Gasteiger partial charge is 0.192 e. The van der Waals surface area contributed by atoms with Crippen LogP contribution in [-0.4, -0.2) is 0 Å². The maximum atomic E-state index is 9.57. The number of nitriles is 3. The molecule has 0 unspecified atom stereocenters. The van der Waals surface area contributed by atoms with Crippen LogP contribution in [0.5, 0.6) is 0 Å². The number of hydrogen-bond acceptors (Lipinski definition) is 3. The molecule has 0 radical (unpaired) electrons. The molecule has 0 aliphatic rings. The lowest BCUT2D eigenvalue weighted by molar-refractivity contribution is 1.47. The predicted octanol–water partition coefficient (Wildman–Crippen LogP) is 20.8. The van der Waals surface area contributed by atoms with Crippen LogP contribution in [0.2, 0.25) is 0 Å². The summed E-state index contributed by atoms with van der Waals surface area (Å²) in [5.74, 6) is 0. The number of nitrogens with zero attached hydrogens (tertiary/aromatic N) is 3. The van der Waals surface area contributed by atoms with Crippen molar-refractivity contribution in [2.45, 2.75) is 83.1 Å². The minimum atomic E-state index is 0.705. The van der Waals surface area contributed by atoms with Crippen molar-refractivity contribution < 1.29 is 0 Å². The van der Waals surface area contributed by atoms with Crippen molar-refractivity contribution in [3.63, 3.8) is 0 Å². The molecule has 9 aromatic carbocycles. The third-order valence-corrected chi connectivity index (χ3v) is 10.0. The van der Waals surface area contributed by atoms with Gasteiger partial charge in [-0.15, -0.1) is 0 Å². The summed E-state index contributed by atoms with van der Waals surface area (Å²) in [5.41, 5.74) is 15.0. The van der Waals surface area contributed by atoms with E-state index in [4.69, 9.17) is 0 Å². The summed E-state index contributed by atoms with van der Waals surface area (Å²) in [6.45, 7) is 24.0. The van der Waals surface area contributed by atoms with E-state index in [1.807, 2.05) is 277 Å². The highest BCUT2D eigenvalue weighted by molar-refractivity contribution is 5.82. The molecular formula is C69H75N3. The van der Waals surface area contributed by atoms with E-state index in [9.17, 15) is 15.8 Å². The lowest BCUT2D eigenvalue weighted by atomic mass is 9.92. The maximum absolute atomic E-state index is 9.57. The highest BCUT2D eigenvalue weighted by atomic mass is 14.3. The molecule has 0 saturated heterocycles. The van der Waals surface area contributed by atoms with Crippen molar-refractivity contribution in [2.24, 2.45) is 0 Å². The fraction of sp³-hybridized carbons (Fsp3) is 0.174. The van der Waals surface area contributed by atoms with Gasteiger partial charge in [0.15, 0.2) is 0 Å². The Morgan fingerprint density at radius 3 is 0.903 bits per heavy atom. The lowest BCUT2D eigenvalue weighted by Crippen LogP contribution is -1.89. The summed E-state index contributed by atoms with van der Waals surface area (Å²) in [7, 11) is 0. The molecule has 366 valence electrons. The molecule has 0 saturated carbocycles. The summed E-state index contributed by atoms with van der Waals surface area (Å²) in [4.78, 5) is 0. The van der Waals surface area contributed by atoms with Gasteiger partial charge in [-0.25, -0.2) is 0 Å². The Bertz CT molecular complexity index is 2810. The first-order chi connectivity index (χ1) is 35.7. The van der Waals surface area contributed by atoms with Crippen LogP contribution in [0.4, 0.5) is 0 Å². The van der Waals surface area contributed by atoms with E-state index in [0.29, 0.717) is 11.1 Å². The molecule has 0 amide bonds. The van der Waals surface area contributed by atoms with Gasteiger partial charge < -0.3 is 0 Å². The Balaban J connectivity index is 0.000000488. The molecule has 0 aliphatic carbocycles. The second kappa shape index (κ2) is 38.3. The SMILES string of the molecule is CC.CC.CC.CC.CC.CC.N#Cc1c(-c2ccccc2)cccc1-c1ccccc1.N#Cc1ccc(-c2ccccc2)cc1-c1ccccc1.N#Cc1ccccc1-c1cccc(-c2ccccc2)c1. The van der Waals surface area contributed by atoms with Crippen molar-refractivity contribution in [1.29, 1.82) is 15.8 Å². The third kappa shape index (κ3) is 18.7. The molecule has 0 bridgehead atoms. The van der Waals surface area contributed by atoms with Crippen LogP contribution in [0, 0.1) is 34.0 Å². The van der Waals surface area contributed by atoms with E-state index in [2.05, 4.69) is 60.7 Å². The standard InChI is InChI=1S/3C19H13N.6C2H6/c20-14-19-17(15-8-3-1-4-9-15)12-7-13-18(19)16-10-5-2-6-11-16;20-14-18-12-11-17(15-7-3-1-4-8-15)13-19(18)16-9-5-2-6-10-16;20-14-18-9-4-5-12-19(18)17-11-6-10-16(13-17)15-7-2-1-3-8-15;6*1-2/h3*1-13H;6*1-2H3. The summed E-state index contributed by atoms with van der Waals surface area (Å²) in [5, 5.41) is 28.1. The van der Waals surface area contributed by atoms with Gasteiger partial charge in [-0.1, -0.05) is 295 Å². The summed E-state index contributed by atoms with van der Waals surface area (Å²) >= 11 is 0. The molecule has 0 spiro atoms. The number of hydrogen-bond donors (Lipinski definition) is 0. The van der Waals surface area contributed by atoms with Gasteiger partial charge in [-0.2, -0.15) is 15.8 Å².